The summed E-state index contributed by atoms with van der Waals surface area (Å²) in [6.07, 6.45) is 0.700. The molecule has 5 nitrogen and oxygen atoms in total. The van der Waals surface area contributed by atoms with E-state index in [4.69, 9.17) is 14.6 Å². The molecule has 0 fully saturated rings. The first kappa shape index (κ1) is 12.4. The second-order valence-corrected chi connectivity index (χ2v) is 3.31. The van der Waals surface area contributed by atoms with Crippen LogP contribution in [0, 0.1) is 6.92 Å². The number of carboxylic acid groups (broad SMARTS) is 1. The molecular weight excluding hydrogens is 210 g/mol. The quantitative estimate of drug-likeness (QED) is 0.743. The number of nitrogens with zero attached hydrogens (tertiary/aromatic N) is 1. The average molecular weight is 225 g/mol. The fourth-order valence-corrected chi connectivity index (χ4v) is 1.18. The Morgan fingerprint density at radius 3 is 2.81 bits per heavy atom. The first-order chi connectivity index (χ1) is 7.65. The molecule has 0 aliphatic heterocycles. The molecule has 0 spiro atoms. The van der Waals surface area contributed by atoms with E-state index in [-0.39, 0.29) is 11.4 Å². The third-order valence-corrected chi connectivity index (χ3v) is 1.96. The summed E-state index contributed by atoms with van der Waals surface area (Å²) in [7, 11) is 1.60. The number of pyridine rings is 1. The van der Waals surface area contributed by atoms with E-state index in [1.54, 1.807) is 20.1 Å². The molecule has 0 radical (unpaired) electrons. The lowest BCUT2D eigenvalue weighted by Gasteiger charge is -2.08. The van der Waals surface area contributed by atoms with Crippen molar-refractivity contribution in [2.24, 2.45) is 0 Å². The standard InChI is InChI=1S/C11H15NO4/c1-8-4-5-9(11(13)14)10(12-8)16-7-3-6-15-2/h4-5H,3,6-7H2,1-2H3,(H,13,14). The van der Waals surface area contributed by atoms with E-state index in [0.717, 1.165) is 5.69 Å². The van der Waals surface area contributed by atoms with Gasteiger partial charge >= 0.3 is 5.97 Å². The summed E-state index contributed by atoms with van der Waals surface area (Å²) < 4.78 is 10.2. The Kier molecular flexibility index (Phi) is 4.72. The summed E-state index contributed by atoms with van der Waals surface area (Å²) in [5.41, 5.74) is 0.815. The zero-order valence-corrected chi connectivity index (χ0v) is 9.40. The summed E-state index contributed by atoms with van der Waals surface area (Å²) in [6, 6.07) is 3.14. The molecule has 88 valence electrons. The van der Waals surface area contributed by atoms with Gasteiger partial charge in [-0.05, 0) is 19.1 Å². The molecule has 5 heteroatoms. The lowest BCUT2D eigenvalue weighted by atomic mass is 10.2. The van der Waals surface area contributed by atoms with Crippen LogP contribution in [0.2, 0.25) is 0 Å². The van der Waals surface area contributed by atoms with Crippen molar-refractivity contribution < 1.29 is 19.4 Å². The monoisotopic (exact) mass is 225 g/mol. The highest BCUT2D eigenvalue weighted by Crippen LogP contribution is 2.16. The van der Waals surface area contributed by atoms with Crippen LogP contribution in [0.5, 0.6) is 5.88 Å². The number of hydrogen-bond acceptors (Lipinski definition) is 4. The molecule has 1 heterocycles. The van der Waals surface area contributed by atoms with Crippen molar-refractivity contribution in [1.82, 2.24) is 4.98 Å². The number of carbonyl (C=O) groups is 1. The molecule has 0 aliphatic carbocycles. The van der Waals surface area contributed by atoms with Gasteiger partial charge in [-0.15, -0.1) is 0 Å². The van der Waals surface area contributed by atoms with Crippen molar-refractivity contribution in [3.05, 3.63) is 23.4 Å². The Balaban J connectivity index is 2.68. The summed E-state index contributed by atoms with van der Waals surface area (Å²) in [5, 5.41) is 8.91. The third-order valence-electron chi connectivity index (χ3n) is 1.96. The second-order valence-electron chi connectivity index (χ2n) is 3.31. The Morgan fingerprint density at radius 2 is 2.19 bits per heavy atom. The number of ether oxygens (including phenoxy) is 2. The minimum atomic E-state index is -1.03. The lowest BCUT2D eigenvalue weighted by molar-refractivity contribution is 0.0690. The Bertz CT molecular complexity index is 365. The second kappa shape index (κ2) is 6.07. The van der Waals surface area contributed by atoms with Gasteiger partial charge in [-0.3, -0.25) is 0 Å². The molecule has 0 atom stereocenters. The number of rotatable bonds is 6. The fourth-order valence-electron chi connectivity index (χ4n) is 1.18. The predicted octanol–water partition coefficient (Wildman–Crippen LogP) is 1.50. The summed E-state index contributed by atoms with van der Waals surface area (Å²) in [4.78, 5) is 14.9. The van der Waals surface area contributed by atoms with Crippen LogP contribution in [0.1, 0.15) is 22.5 Å². The molecule has 0 bridgehead atoms. The van der Waals surface area contributed by atoms with Gasteiger partial charge < -0.3 is 14.6 Å². The number of aromatic carboxylic acids is 1. The molecule has 1 aromatic heterocycles. The van der Waals surface area contributed by atoms with Gasteiger partial charge in [0, 0.05) is 25.8 Å². The maximum Gasteiger partial charge on any atom is 0.341 e. The number of hydrogen-bond donors (Lipinski definition) is 1. The van der Waals surface area contributed by atoms with Gasteiger partial charge in [0.1, 0.15) is 5.56 Å². The van der Waals surface area contributed by atoms with Crippen LogP contribution < -0.4 is 4.74 Å². The van der Waals surface area contributed by atoms with Gasteiger partial charge in [0.05, 0.1) is 6.61 Å². The number of carboxylic acids is 1. The van der Waals surface area contributed by atoms with Crippen LogP contribution in [0.25, 0.3) is 0 Å². The summed E-state index contributed by atoms with van der Waals surface area (Å²) in [5.74, 6) is -0.863. The van der Waals surface area contributed by atoms with E-state index in [0.29, 0.717) is 19.6 Å². The van der Waals surface area contributed by atoms with Gasteiger partial charge in [0.15, 0.2) is 0 Å². The molecule has 1 rings (SSSR count). The highest BCUT2D eigenvalue weighted by Gasteiger charge is 2.12. The normalized spacial score (nSPS) is 10.1. The van der Waals surface area contributed by atoms with E-state index >= 15 is 0 Å². The smallest absolute Gasteiger partial charge is 0.341 e. The SMILES string of the molecule is COCCCOc1nc(C)ccc1C(=O)O. The zero-order chi connectivity index (χ0) is 12.0. The lowest BCUT2D eigenvalue weighted by Crippen LogP contribution is -2.08. The third kappa shape index (κ3) is 3.51. The minimum Gasteiger partial charge on any atom is -0.477 e. The Hall–Kier alpha value is -1.62. The summed E-state index contributed by atoms with van der Waals surface area (Å²) >= 11 is 0. The van der Waals surface area contributed by atoms with Crippen molar-refractivity contribution in [3.8, 4) is 5.88 Å². The Morgan fingerprint density at radius 1 is 1.44 bits per heavy atom. The van der Waals surface area contributed by atoms with Crippen LogP contribution in [-0.4, -0.2) is 36.4 Å². The number of methoxy groups -OCH3 is 1. The van der Waals surface area contributed by atoms with E-state index in [2.05, 4.69) is 4.98 Å². The van der Waals surface area contributed by atoms with E-state index < -0.39 is 5.97 Å². The average Bonchev–Trinajstić information content (AvgIpc) is 2.24. The maximum absolute atomic E-state index is 10.9. The molecule has 0 aromatic carbocycles. The fraction of sp³-hybridized carbons (Fsp3) is 0.455. The number of aromatic nitrogens is 1. The van der Waals surface area contributed by atoms with Gasteiger partial charge in [-0.2, -0.15) is 0 Å². The van der Waals surface area contributed by atoms with Crippen molar-refractivity contribution in [2.45, 2.75) is 13.3 Å². The molecule has 1 aromatic rings. The van der Waals surface area contributed by atoms with E-state index in [1.165, 1.54) is 6.07 Å². The minimum absolute atomic E-state index is 0.0861. The highest BCUT2D eigenvalue weighted by molar-refractivity contribution is 5.90. The maximum atomic E-state index is 10.9. The molecule has 0 aliphatic rings. The van der Waals surface area contributed by atoms with E-state index in [1.807, 2.05) is 0 Å². The van der Waals surface area contributed by atoms with Crippen LogP contribution in [0.3, 0.4) is 0 Å². The summed E-state index contributed by atoms with van der Waals surface area (Å²) in [6.45, 7) is 2.76. The molecule has 0 unspecified atom stereocenters. The van der Waals surface area contributed by atoms with Crippen LogP contribution in [-0.2, 0) is 4.74 Å². The van der Waals surface area contributed by atoms with Crippen molar-refractivity contribution in [3.63, 3.8) is 0 Å². The topological polar surface area (TPSA) is 68.7 Å². The predicted molar refractivity (Wildman–Crippen MR) is 57.9 cm³/mol. The van der Waals surface area contributed by atoms with Crippen LogP contribution in [0.15, 0.2) is 12.1 Å². The van der Waals surface area contributed by atoms with Gasteiger partial charge in [0.2, 0.25) is 5.88 Å². The van der Waals surface area contributed by atoms with Crippen LogP contribution >= 0.6 is 0 Å². The van der Waals surface area contributed by atoms with Gasteiger partial charge in [0.25, 0.3) is 0 Å². The molecule has 1 N–H and O–H groups in total. The van der Waals surface area contributed by atoms with Crippen molar-refractivity contribution in [1.29, 1.82) is 0 Å². The first-order valence-electron chi connectivity index (χ1n) is 4.98. The first-order valence-corrected chi connectivity index (χ1v) is 4.98. The van der Waals surface area contributed by atoms with Crippen LogP contribution in [0.4, 0.5) is 0 Å². The molecule has 0 amide bonds. The number of aryl methyl sites for hydroxylation is 1. The van der Waals surface area contributed by atoms with Gasteiger partial charge in [-0.1, -0.05) is 0 Å². The largest absolute Gasteiger partial charge is 0.477 e. The van der Waals surface area contributed by atoms with Gasteiger partial charge in [-0.25, -0.2) is 9.78 Å². The molecule has 0 saturated carbocycles. The van der Waals surface area contributed by atoms with E-state index in [9.17, 15) is 4.79 Å². The molecule has 0 saturated heterocycles. The zero-order valence-electron chi connectivity index (χ0n) is 9.40. The highest BCUT2D eigenvalue weighted by atomic mass is 16.5. The Labute approximate surface area is 94.0 Å². The molecule has 16 heavy (non-hydrogen) atoms. The molecular formula is C11H15NO4. The van der Waals surface area contributed by atoms with Crippen molar-refractivity contribution in [2.75, 3.05) is 20.3 Å². The van der Waals surface area contributed by atoms with Crippen molar-refractivity contribution >= 4 is 5.97 Å².